The second-order valence-electron chi connectivity index (χ2n) is 5.33. The SMILES string of the molecule is CNC(C)C(C)(C)CN1CC(O)C(O)C1. The highest BCUT2D eigenvalue weighted by atomic mass is 16.3. The van der Waals surface area contributed by atoms with E-state index >= 15 is 0 Å². The van der Waals surface area contributed by atoms with Gasteiger partial charge in [-0.3, -0.25) is 4.90 Å². The van der Waals surface area contributed by atoms with E-state index in [1.54, 1.807) is 0 Å². The first-order chi connectivity index (χ1) is 6.86. The van der Waals surface area contributed by atoms with Gasteiger partial charge < -0.3 is 15.5 Å². The van der Waals surface area contributed by atoms with Gasteiger partial charge in [0.05, 0.1) is 12.2 Å². The quantitative estimate of drug-likeness (QED) is 0.602. The summed E-state index contributed by atoms with van der Waals surface area (Å²) in [5, 5.41) is 22.2. The van der Waals surface area contributed by atoms with Crippen molar-refractivity contribution in [3.05, 3.63) is 0 Å². The molecule has 1 rings (SSSR count). The molecule has 0 radical (unpaired) electrons. The van der Waals surface area contributed by atoms with Crippen LogP contribution >= 0.6 is 0 Å². The number of β-amino-alcohol motifs (C(OH)–C–C–N with tert-alkyl or cyclic N) is 2. The first kappa shape index (κ1) is 12.9. The number of nitrogens with zero attached hydrogens (tertiary/aromatic N) is 1. The zero-order valence-electron chi connectivity index (χ0n) is 10.2. The summed E-state index contributed by atoms with van der Waals surface area (Å²) in [6, 6.07) is 0.410. The first-order valence-corrected chi connectivity index (χ1v) is 5.62. The van der Waals surface area contributed by atoms with Crippen molar-refractivity contribution in [2.75, 3.05) is 26.7 Å². The lowest BCUT2D eigenvalue weighted by molar-refractivity contribution is 0.0572. The van der Waals surface area contributed by atoms with Crippen LogP contribution < -0.4 is 5.32 Å². The van der Waals surface area contributed by atoms with Gasteiger partial charge in [-0.1, -0.05) is 13.8 Å². The van der Waals surface area contributed by atoms with Crippen molar-refractivity contribution >= 4 is 0 Å². The van der Waals surface area contributed by atoms with E-state index in [0.717, 1.165) is 6.54 Å². The number of aliphatic hydroxyl groups excluding tert-OH is 2. The van der Waals surface area contributed by atoms with Crippen molar-refractivity contribution in [2.24, 2.45) is 5.41 Å². The van der Waals surface area contributed by atoms with E-state index in [2.05, 4.69) is 31.0 Å². The van der Waals surface area contributed by atoms with E-state index < -0.39 is 12.2 Å². The molecule has 1 heterocycles. The van der Waals surface area contributed by atoms with Crippen LogP contribution in [0.2, 0.25) is 0 Å². The van der Waals surface area contributed by atoms with Crippen molar-refractivity contribution in [1.82, 2.24) is 10.2 Å². The summed E-state index contributed by atoms with van der Waals surface area (Å²) >= 11 is 0. The van der Waals surface area contributed by atoms with Crippen LogP contribution in [0.1, 0.15) is 20.8 Å². The molecular weight excluding hydrogens is 192 g/mol. The molecule has 0 aromatic heterocycles. The maximum atomic E-state index is 9.45. The lowest BCUT2D eigenvalue weighted by Crippen LogP contribution is -2.45. The Morgan fingerprint density at radius 2 is 1.80 bits per heavy atom. The van der Waals surface area contributed by atoms with Crippen LogP contribution in [-0.2, 0) is 0 Å². The molecule has 4 nitrogen and oxygen atoms in total. The van der Waals surface area contributed by atoms with Crippen LogP contribution in [0.3, 0.4) is 0 Å². The van der Waals surface area contributed by atoms with Gasteiger partial charge in [-0.15, -0.1) is 0 Å². The second-order valence-corrected chi connectivity index (χ2v) is 5.33. The van der Waals surface area contributed by atoms with Crippen LogP contribution in [0.15, 0.2) is 0 Å². The first-order valence-electron chi connectivity index (χ1n) is 5.62. The minimum Gasteiger partial charge on any atom is -0.389 e. The van der Waals surface area contributed by atoms with Crippen molar-refractivity contribution < 1.29 is 10.2 Å². The molecule has 3 atom stereocenters. The van der Waals surface area contributed by atoms with E-state index in [1.807, 2.05) is 7.05 Å². The molecule has 0 aromatic rings. The third-order valence-electron chi connectivity index (χ3n) is 3.57. The summed E-state index contributed by atoms with van der Waals surface area (Å²) in [6.45, 7) is 8.62. The highest BCUT2D eigenvalue weighted by molar-refractivity contribution is 4.89. The second kappa shape index (κ2) is 4.78. The number of hydrogen-bond donors (Lipinski definition) is 3. The normalized spacial score (nSPS) is 30.8. The van der Waals surface area contributed by atoms with E-state index in [0.29, 0.717) is 19.1 Å². The Balaban J connectivity index is 2.48. The maximum Gasteiger partial charge on any atom is 0.0938 e. The largest absolute Gasteiger partial charge is 0.389 e. The highest BCUT2D eigenvalue weighted by Crippen LogP contribution is 2.24. The molecule has 0 spiro atoms. The molecule has 3 N–H and O–H groups in total. The topological polar surface area (TPSA) is 55.7 Å². The fourth-order valence-corrected chi connectivity index (χ4v) is 2.08. The molecule has 3 unspecified atom stereocenters. The third kappa shape index (κ3) is 3.14. The van der Waals surface area contributed by atoms with Crippen LogP contribution in [-0.4, -0.2) is 60.0 Å². The zero-order valence-corrected chi connectivity index (χ0v) is 10.2. The van der Waals surface area contributed by atoms with Crippen LogP contribution in [0.4, 0.5) is 0 Å². The van der Waals surface area contributed by atoms with Gasteiger partial charge in [0.15, 0.2) is 0 Å². The molecule has 1 aliphatic heterocycles. The number of rotatable bonds is 4. The Morgan fingerprint density at radius 3 is 2.20 bits per heavy atom. The van der Waals surface area contributed by atoms with E-state index in [-0.39, 0.29) is 5.41 Å². The molecule has 0 amide bonds. The van der Waals surface area contributed by atoms with Gasteiger partial charge in [-0.25, -0.2) is 0 Å². The lowest BCUT2D eigenvalue weighted by atomic mass is 9.85. The van der Waals surface area contributed by atoms with E-state index in [9.17, 15) is 10.2 Å². The highest BCUT2D eigenvalue weighted by Gasteiger charge is 2.34. The number of nitrogens with one attached hydrogen (secondary N) is 1. The minimum absolute atomic E-state index is 0.137. The summed E-state index contributed by atoms with van der Waals surface area (Å²) in [4.78, 5) is 2.13. The van der Waals surface area contributed by atoms with Gasteiger partial charge >= 0.3 is 0 Å². The number of likely N-dealkylation sites (tertiary alicyclic amines) is 1. The summed E-state index contributed by atoms with van der Waals surface area (Å²) in [6.07, 6.45) is -1.16. The average Bonchev–Trinajstić information content (AvgIpc) is 2.43. The van der Waals surface area contributed by atoms with E-state index in [1.165, 1.54) is 0 Å². The molecule has 1 fully saturated rings. The fraction of sp³-hybridized carbons (Fsp3) is 1.00. The summed E-state index contributed by atoms with van der Waals surface area (Å²) in [5.74, 6) is 0. The van der Waals surface area contributed by atoms with Crippen molar-refractivity contribution in [3.8, 4) is 0 Å². The molecule has 1 saturated heterocycles. The molecular formula is C11H24N2O2. The van der Waals surface area contributed by atoms with Crippen molar-refractivity contribution in [3.63, 3.8) is 0 Å². The van der Waals surface area contributed by atoms with Gasteiger partial charge in [0.2, 0.25) is 0 Å². The predicted molar refractivity (Wildman–Crippen MR) is 60.8 cm³/mol. The van der Waals surface area contributed by atoms with Crippen molar-refractivity contribution in [2.45, 2.75) is 39.0 Å². The average molecular weight is 216 g/mol. The Morgan fingerprint density at radius 1 is 1.33 bits per heavy atom. The molecule has 0 aromatic carbocycles. The van der Waals surface area contributed by atoms with Crippen LogP contribution in [0.5, 0.6) is 0 Å². The standard InChI is InChI=1S/C11H24N2O2/c1-8(12-4)11(2,3)7-13-5-9(14)10(15)6-13/h8-10,12,14-15H,5-7H2,1-4H3. The minimum atomic E-state index is -0.578. The van der Waals surface area contributed by atoms with Crippen LogP contribution in [0.25, 0.3) is 0 Å². The molecule has 0 aliphatic carbocycles. The van der Waals surface area contributed by atoms with E-state index in [4.69, 9.17) is 0 Å². The molecule has 0 bridgehead atoms. The maximum absolute atomic E-state index is 9.45. The summed E-state index contributed by atoms with van der Waals surface area (Å²) in [5.41, 5.74) is 0.137. The zero-order chi connectivity index (χ0) is 11.6. The summed E-state index contributed by atoms with van der Waals surface area (Å²) < 4.78 is 0. The Hall–Kier alpha value is -0.160. The monoisotopic (exact) mass is 216 g/mol. The Bertz CT molecular complexity index is 199. The van der Waals surface area contributed by atoms with Gasteiger partial charge in [-0.05, 0) is 19.4 Å². The molecule has 1 aliphatic rings. The lowest BCUT2D eigenvalue weighted by Gasteiger charge is -2.35. The Kier molecular flexibility index (Phi) is 4.12. The number of aliphatic hydroxyl groups is 2. The summed E-state index contributed by atoms with van der Waals surface area (Å²) in [7, 11) is 1.96. The van der Waals surface area contributed by atoms with Gasteiger partial charge in [0.25, 0.3) is 0 Å². The third-order valence-corrected chi connectivity index (χ3v) is 3.57. The predicted octanol–water partition coefficient (Wildman–Crippen LogP) is -0.342. The van der Waals surface area contributed by atoms with Gasteiger partial charge in [0, 0.05) is 25.7 Å². The van der Waals surface area contributed by atoms with Gasteiger partial charge in [-0.2, -0.15) is 0 Å². The van der Waals surface area contributed by atoms with Crippen LogP contribution in [0, 0.1) is 5.41 Å². The smallest absolute Gasteiger partial charge is 0.0938 e. The van der Waals surface area contributed by atoms with Gasteiger partial charge in [0.1, 0.15) is 0 Å². The molecule has 15 heavy (non-hydrogen) atoms. The molecule has 4 heteroatoms. The molecule has 0 saturated carbocycles. The fourth-order valence-electron chi connectivity index (χ4n) is 2.08. The molecule has 90 valence electrons. The van der Waals surface area contributed by atoms with Crippen molar-refractivity contribution in [1.29, 1.82) is 0 Å². The number of hydrogen-bond acceptors (Lipinski definition) is 4. The Labute approximate surface area is 92.3 Å².